The Hall–Kier alpha value is -1.69. The van der Waals surface area contributed by atoms with Crippen molar-refractivity contribution in [2.24, 2.45) is 5.92 Å². The molecule has 1 aromatic carbocycles. The number of H-pyrrole nitrogens is 1. The second-order valence-electron chi connectivity index (χ2n) is 4.61. The van der Waals surface area contributed by atoms with Crippen LogP contribution < -0.4 is 5.32 Å². The van der Waals surface area contributed by atoms with Crippen molar-refractivity contribution in [2.75, 3.05) is 0 Å². The molecule has 0 aliphatic heterocycles. The molecule has 106 valence electrons. The van der Waals surface area contributed by atoms with Crippen LogP contribution in [0, 0.1) is 11.7 Å². The third kappa shape index (κ3) is 3.90. The quantitative estimate of drug-likeness (QED) is 0.879. The molecule has 1 unspecified atom stereocenters. The van der Waals surface area contributed by atoms with Crippen molar-refractivity contribution < 1.29 is 9.18 Å². The van der Waals surface area contributed by atoms with Crippen molar-refractivity contribution in [2.45, 2.75) is 19.9 Å². The summed E-state index contributed by atoms with van der Waals surface area (Å²) in [5, 5.41) is 2.81. The van der Waals surface area contributed by atoms with E-state index >= 15 is 0 Å². The van der Waals surface area contributed by atoms with Crippen LogP contribution in [-0.2, 0) is 17.8 Å². The predicted molar refractivity (Wildman–Crippen MR) is 77.4 cm³/mol. The lowest BCUT2D eigenvalue weighted by molar-refractivity contribution is -0.124. The van der Waals surface area contributed by atoms with Gasteiger partial charge < -0.3 is 10.3 Å². The van der Waals surface area contributed by atoms with Crippen LogP contribution in [0.25, 0.3) is 0 Å². The van der Waals surface area contributed by atoms with Crippen molar-refractivity contribution in [3.8, 4) is 0 Å². The second-order valence-corrected chi connectivity index (χ2v) is 5.46. The Morgan fingerprint density at radius 2 is 2.35 bits per heavy atom. The van der Waals surface area contributed by atoms with Gasteiger partial charge >= 0.3 is 0 Å². The van der Waals surface area contributed by atoms with Crippen LogP contribution in [0.15, 0.2) is 35.1 Å². The Bertz CT molecular complexity index is 586. The molecule has 0 fully saturated rings. The van der Waals surface area contributed by atoms with Gasteiger partial charge in [0.1, 0.15) is 11.6 Å². The first-order valence-electron chi connectivity index (χ1n) is 6.26. The van der Waals surface area contributed by atoms with E-state index < -0.39 is 0 Å². The normalized spacial score (nSPS) is 12.2. The number of halogens is 2. The minimum Gasteiger partial charge on any atom is -0.349 e. The van der Waals surface area contributed by atoms with Crippen LogP contribution in [0.1, 0.15) is 18.3 Å². The highest BCUT2D eigenvalue weighted by Crippen LogP contribution is 2.19. The van der Waals surface area contributed by atoms with Gasteiger partial charge in [0.05, 0.1) is 11.0 Å². The highest BCUT2D eigenvalue weighted by atomic mass is 79.9. The van der Waals surface area contributed by atoms with Gasteiger partial charge in [0.2, 0.25) is 5.91 Å². The van der Waals surface area contributed by atoms with E-state index in [0.717, 1.165) is 11.4 Å². The molecule has 6 heteroatoms. The fourth-order valence-electron chi connectivity index (χ4n) is 1.85. The highest BCUT2D eigenvalue weighted by Gasteiger charge is 2.14. The van der Waals surface area contributed by atoms with Gasteiger partial charge in [0.15, 0.2) is 0 Å². The standard InChI is InChI=1S/C14H15BrFN3O/c1-9(6-10-2-3-12(16)11(15)7-10)14(20)19-8-13-17-4-5-18-13/h2-5,7,9H,6,8H2,1H3,(H,17,18)(H,19,20). The van der Waals surface area contributed by atoms with E-state index in [4.69, 9.17) is 0 Å². The summed E-state index contributed by atoms with van der Waals surface area (Å²) in [6, 6.07) is 4.79. The highest BCUT2D eigenvalue weighted by molar-refractivity contribution is 9.10. The first kappa shape index (κ1) is 14.7. The molecule has 0 saturated heterocycles. The van der Waals surface area contributed by atoms with Gasteiger partial charge in [-0.1, -0.05) is 13.0 Å². The number of hydrogen-bond acceptors (Lipinski definition) is 2. The predicted octanol–water partition coefficient (Wildman–Crippen LogP) is 2.81. The molecule has 1 atom stereocenters. The zero-order valence-electron chi connectivity index (χ0n) is 11.0. The van der Waals surface area contributed by atoms with E-state index in [1.165, 1.54) is 6.07 Å². The molecule has 1 aromatic heterocycles. The molecule has 2 N–H and O–H groups in total. The number of benzene rings is 1. The summed E-state index contributed by atoms with van der Waals surface area (Å²) < 4.78 is 13.6. The van der Waals surface area contributed by atoms with Crippen LogP contribution >= 0.6 is 15.9 Å². The molecule has 0 radical (unpaired) electrons. The van der Waals surface area contributed by atoms with E-state index in [0.29, 0.717) is 17.4 Å². The van der Waals surface area contributed by atoms with Crippen molar-refractivity contribution in [3.63, 3.8) is 0 Å². The maximum Gasteiger partial charge on any atom is 0.223 e. The van der Waals surface area contributed by atoms with Crippen molar-refractivity contribution >= 4 is 21.8 Å². The number of rotatable bonds is 5. The van der Waals surface area contributed by atoms with Crippen molar-refractivity contribution in [1.29, 1.82) is 0 Å². The second kappa shape index (κ2) is 6.65. The van der Waals surface area contributed by atoms with Gasteiger partial charge in [0.25, 0.3) is 0 Å². The summed E-state index contributed by atoms with van der Waals surface area (Å²) >= 11 is 3.14. The molecule has 2 rings (SSSR count). The Kier molecular flexibility index (Phi) is 4.89. The molecule has 0 spiro atoms. The number of aromatic nitrogens is 2. The van der Waals surface area contributed by atoms with Gasteiger partial charge in [-0.2, -0.15) is 0 Å². The van der Waals surface area contributed by atoms with E-state index in [2.05, 4.69) is 31.2 Å². The molecule has 20 heavy (non-hydrogen) atoms. The van der Waals surface area contributed by atoms with Crippen molar-refractivity contribution in [3.05, 3.63) is 52.3 Å². The molecule has 0 aliphatic rings. The van der Waals surface area contributed by atoms with Crippen LogP contribution in [-0.4, -0.2) is 15.9 Å². The maximum atomic E-state index is 13.1. The summed E-state index contributed by atoms with van der Waals surface area (Å²) in [5.41, 5.74) is 0.916. The molecule has 1 amide bonds. The maximum absolute atomic E-state index is 13.1. The molecule has 0 aliphatic carbocycles. The molecule has 0 bridgehead atoms. The monoisotopic (exact) mass is 339 g/mol. The fraction of sp³-hybridized carbons (Fsp3) is 0.286. The number of nitrogens with one attached hydrogen (secondary N) is 2. The zero-order chi connectivity index (χ0) is 14.5. The van der Waals surface area contributed by atoms with Gasteiger partial charge in [-0.05, 0) is 40.0 Å². The number of aromatic amines is 1. The van der Waals surface area contributed by atoms with Gasteiger partial charge in [0, 0.05) is 18.3 Å². The number of nitrogens with zero attached hydrogens (tertiary/aromatic N) is 1. The molecule has 1 heterocycles. The average Bonchev–Trinajstić information content (AvgIpc) is 2.93. The van der Waals surface area contributed by atoms with Crippen molar-refractivity contribution in [1.82, 2.24) is 15.3 Å². The lowest BCUT2D eigenvalue weighted by Gasteiger charge is -2.12. The minimum absolute atomic E-state index is 0.0538. The molecule has 2 aromatic rings. The van der Waals surface area contributed by atoms with Crippen LogP contribution in [0.5, 0.6) is 0 Å². The van der Waals surface area contributed by atoms with E-state index in [1.807, 2.05) is 6.92 Å². The third-order valence-electron chi connectivity index (χ3n) is 2.96. The summed E-state index contributed by atoms with van der Waals surface area (Å²) in [6.07, 6.45) is 3.91. The SMILES string of the molecule is CC(Cc1ccc(F)c(Br)c1)C(=O)NCc1ncc[nH]1. The summed E-state index contributed by atoms with van der Waals surface area (Å²) in [4.78, 5) is 18.9. The van der Waals surface area contributed by atoms with Crippen LogP contribution in [0.4, 0.5) is 4.39 Å². The van der Waals surface area contributed by atoms with E-state index in [9.17, 15) is 9.18 Å². The zero-order valence-corrected chi connectivity index (χ0v) is 12.6. The lowest BCUT2D eigenvalue weighted by atomic mass is 10.0. The topological polar surface area (TPSA) is 57.8 Å². The Morgan fingerprint density at radius 1 is 1.55 bits per heavy atom. The lowest BCUT2D eigenvalue weighted by Crippen LogP contribution is -2.30. The molecule has 0 saturated carbocycles. The average molecular weight is 340 g/mol. The molecular formula is C14H15BrFN3O. The number of imidazole rings is 1. The van der Waals surface area contributed by atoms with Crippen LogP contribution in [0.3, 0.4) is 0 Å². The Morgan fingerprint density at radius 3 is 3.00 bits per heavy atom. The summed E-state index contributed by atoms with van der Waals surface area (Å²) in [5.74, 6) is 0.169. The first-order chi connectivity index (χ1) is 9.56. The first-order valence-corrected chi connectivity index (χ1v) is 7.05. The Labute approximate surface area is 124 Å². The molecular weight excluding hydrogens is 325 g/mol. The number of amides is 1. The number of hydrogen-bond donors (Lipinski definition) is 2. The summed E-state index contributed by atoms with van der Waals surface area (Å²) in [7, 11) is 0. The number of carbonyl (C=O) groups is 1. The number of carbonyl (C=O) groups excluding carboxylic acids is 1. The van der Waals surface area contributed by atoms with E-state index in [1.54, 1.807) is 24.5 Å². The van der Waals surface area contributed by atoms with Crippen LogP contribution in [0.2, 0.25) is 0 Å². The van der Waals surface area contributed by atoms with Gasteiger partial charge in [-0.15, -0.1) is 0 Å². The smallest absolute Gasteiger partial charge is 0.223 e. The molecule has 4 nitrogen and oxygen atoms in total. The van der Waals surface area contributed by atoms with Gasteiger partial charge in [-0.3, -0.25) is 4.79 Å². The third-order valence-corrected chi connectivity index (χ3v) is 3.57. The van der Waals surface area contributed by atoms with Gasteiger partial charge in [-0.25, -0.2) is 9.37 Å². The Balaban J connectivity index is 1.88. The van der Waals surface area contributed by atoms with E-state index in [-0.39, 0.29) is 17.6 Å². The fourth-order valence-corrected chi connectivity index (χ4v) is 2.28. The largest absolute Gasteiger partial charge is 0.349 e. The minimum atomic E-state index is -0.302. The summed E-state index contributed by atoms with van der Waals surface area (Å²) in [6.45, 7) is 2.22.